The first-order chi connectivity index (χ1) is 12.4. The number of rotatable bonds is 2. The van der Waals surface area contributed by atoms with E-state index in [9.17, 15) is 4.79 Å². The molecule has 0 saturated carbocycles. The monoisotopic (exact) mass is 354 g/mol. The number of likely N-dealkylation sites (tertiary alicyclic amines) is 1. The molecule has 1 atom stereocenters. The molecule has 3 heterocycles. The van der Waals surface area contributed by atoms with E-state index < -0.39 is 0 Å². The molecule has 138 valence electrons. The van der Waals surface area contributed by atoms with Gasteiger partial charge in [0, 0.05) is 51.5 Å². The molecule has 0 radical (unpaired) electrons. The van der Waals surface area contributed by atoms with Crippen molar-refractivity contribution in [2.24, 2.45) is 7.05 Å². The molecular formula is C19H26N6O. The number of fused-ring (bicyclic) bond motifs is 2. The summed E-state index contributed by atoms with van der Waals surface area (Å²) < 4.78 is 1.76. The van der Waals surface area contributed by atoms with Gasteiger partial charge in [0.05, 0.1) is 5.69 Å². The summed E-state index contributed by atoms with van der Waals surface area (Å²) in [5.41, 5.74) is 3.87. The summed E-state index contributed by atoms with van der Waals surface area (Å²) >= 11 is 0. The molecular weight excluding hydrogens is 328 g/mol. The van der Waals surface area contributed by atoms with Crippen molar-refractivity contribution in [3.8, 4) is 0 Å². The van der Waals surface area contributed by atoms with E-state index in [0.29, 0.717) is 5.69 Å². The third-order valence-electron chi connectivity index (χ3n) is 5.82. The van der Waals surface area contributed by atoms with Gasteiger partial charge in [-0.15, -0.1) is 0 Å². The summed E-state index contributed by atoms with van der Waals surface area (Å²) in [6.07, 6.45) is 6.08. The number of carbonyl (C=O) groups excluding carboxylic acids is 1. The van der Waals surface area contributed by atoms with Crippen molar-refractivity contribution in [2.45, 2.75) is 38.0 Å². The number of anilines is 1. The summed E-state index contributed by atoms with van der Waals surface area (Å²) in [5.74, 6) is 0.775. The Balaban J connectivity index is 1.64. The van der Waals surface area contributed by atoms with Crippen LogP contribution in [0.3, 0.4) is 0 Å². The first-order valence-corrected chi connectivity index (χ1v) is 9.23. The van der Waals surface area contributed by atoms with E-state index in [0.717, 1.165) is 56.1 Å². The van der Waals surface area contributed by atoms with Crippen LogP contribution >= 0.6 is 0 Å². The van der Waals surface area contributed by atoms with Gasteiger partial charge in [0.2, 0.25) is 5.95 Å². The molecule has 2 aliphatic rings. The van der Waals surface area contributed by atoms with Crippen LogP contribution in [0.5, 0.6) is 0 Å². The molecule has 4 rings (SSSR count). The van der Waals surface area contributed by atoms with Crippen LogP contribution in [0.4, 0.5) is 5.95 Å². The second-order valence-electron chi connectivity index (χ2n) is 7.84. The van der Waals surface area contributed by atoms with Gasteiger partial charge in [-0.05, 0) is 44.2 Å². The molecule has 2 aromatic heterocycles. The molecule has 7 nitrogen and oxygen atoms in total. The minimum absolute atomic E-state index is 0.0307. The minimum atomic E-state index is -0.0409. The second-order valence-corrected chi connectivity index (χ2v) is 7.84. The number of hydrogen-bond donors (Lipinski definition) is 0. The van der Waals surface area contributed by atoms with Crippen molar-refractivity contribution in [1.82, 2.24) is 24.6 Å². The zero-order chi connectivity index (χ0) is 18.5. The molecule has 0 N–H and O–H groups in total. The molecule has 1 aliphatic heterocycles. The first kappa shape index (κ1) is 17.0. The van der Waals surface area contributed by atoms with Gasteiger partial charge >= 0.3 is 0 Å². The van der Waals surface area contributed by atoms with E-state index in [1.54, 1.807) is 4.68 Å². The lowest BCUT2D eigenvalue weighted by Gasteiger charge is -2.40. The number of aryl methyl sites for hydroxylation is 3. The second kappa shape index (κ2) is 6.07. The SMILES string of the molecule is Cc1cc(C(=O)N2CCCC3(CCc4cnc(N(C)C)nc43)C2)nn1C. The Kier molecular flexibility index (Phi) is 3.97. The number of aromatic nitrogens is 4. The molecule has 1 aliphatic carbocycles. The fourth-order valence-electron chi connectivity index (χ4n) is 4.28. The lowest BCUT2D eigenvalue weighted by atomic mass is 9.77. The highest BCUT2D eigenvalue weighted by Gasteiger charge is 2.45. The van der Waals surface area contributed by atoms with Crippen LogP contribution in [0.2, 0.25) is 0 Å². The summed E-state index contributed by atoms with van der Waals surface area (Å²) in [5, 5.41) is 4.38. The normalized spacial score (nSPS) is 21.9. The van der Waals surface area contributed by atoms with E-state index in [-0.39, 0.29) is 11.3 Å². The molecule has 26 heavy (non-hydrogen) atoms. The molecule has 2 aromatic rings. The van der Waals surface area contributed by atoms with Crippen molar-refractivity contribution >= 4 is 11.9 Å². The Morgan fingerprint density at radius 1 is 1.31 bits per heavy atom. The highest BCUT2D eigenvalue weighted by molar-refractivity contribution is 5.92. The van der Waals surface area contributed by atoms with Crippen molar-refractivity contribution in [3.05, 3.63) is 34.9 Å². The van der Waals surface area contributed by atoms with Gasteiger partial charge < -0.3 is 9.80 Å². The Bertz CT molecular complexity index is 834. The van der Waals surface area contributed by atoms with Gasteiger partial charge in [-0.25, -0.2) is 9.97 Å². The smallest absolute Gasteiger partial charge is 0.274 e. The van der Waals surface area contributed by atoms with Crippen molar-refractivity contribution in [2.75, 3.05) is 32.1 Å². The largest absolute Gasteiger partial charge is 0.347 e. The molecule has 0 aromatic carbocycles. The van der Waals surface area contributed by atoms with E-state index in [2.05, 4.69) is 10.1 Å². The molecule has 0 bridgehead atoms. The summed E-state index contributed by atoms with van der Waals surface area (Å²) in [4.78, 5) is 26.2. The Labute approximate surface area is 154 Å². The van der Waals surface area contributed by atoms with Crippen LogP contribution in [0.25, 0.3) is 0 Å². The van der Waals surface area contributed by atoms with Crippen molar-refractivity contribution in [3.63, 3.8) is 0 Å². The maximum absolute atomic E-state index is 13.0. The van der Waals surface area contributed by atoms with E-state index in [1.807, 2.05) is 50.1 Å². The molecule has 7 heteroatoms. The van der Waals surface area contributed by atoms with Gasteiger partial charge in [0.25, 0.3) is 5.91 Å². The standard InChI is InChI=1S/C19H26N6O/c1-13-10-15(22-24(13)4)17(26)25-9-5-7-19(12-25)8-6-14-11-20-18(23(2)3)21-16(14)19/h10-11H,5-9,12H2,1-4H3. The van der Waals surface area contributed by atoms with E-state index >= 15 is 0 Å². The number of hydrogen-bond acceptors (Lipinski definition) is 5. The Morgan fingerprint density at radius 2 is 2.12 bits per heavy atom. The lowest BCUT2D eigenvalue weighted by molar-refractivity contribution is 0.0627. The number of nitrogens with zero attached hydrogens (tertiary/aromatic N) is 6. The molecule has 1 saturated heterocycles. The van der Waals surface area contributed by atoms with Crippen LogP contribution in [0.15, 0.2) is 12.3 Å². The van der Waals surface area contributed by atoms with Crippen LogP contribution in [0.1, 0.15) is 46.7 Å². The zero-order valence-corrected chi connectivity index (χ0v) is 16.0. The lowest BCUT2D eigenvalue weighted by Crippen LogP contribution is -2.48. The average molecular weight is 354 g/mol. The van der Waals surface area contributed by atoms with Gasteiger partial charge in [0.15, 0.2) is 5.69 Å². The van der Waals surface area contributed by atoms with Crippen LogP contribution in [-0.2, 0) is 18.9 Å². The van der Waals surface area contributed by atoms with Crippen molar-refractivity contribution < 1.29 is 4.79 Å². The Morgan fingerprint density at radius 3 is 2.81 bits per heavy atom. The average Bonchev–Trinajstić information content (AvgIpc) is 3.15. The minimum Gasteiger partial charge on any atom is -0.347 e. The summed E-state index contributed by atoms with van der Waals surface area (Å²) in [7, 11) is 5.80. The van der Waals surface area contributed by atoms with E-state index in [1.165, 1.54) is 5.56 Å². The Hall–Kier alpha value is -2.44. The molecule has 1 spiro atoms. The maximum atomic E-state index is 13.0. The fourth-order valence-corrected chi connectivity index (χ4v) is 4.28. The predicted octanol–water partition coefficient (Wildman–Crippen LogP) is 1.70. The third-order valence-corrected chi connectivity index (χ3v) is 5.82. The number of piperidine rings is 1. The van der Waals surface area contributed by atoms with Crippen LogP contribution in [-0.4, -0.2) is 57.7 Å². The maximum Gasteiger partial charge on any atom is 0.274 e. The quantitative estimate of drug-likeness (QED) is 0.821. The van der Waals surface area contributed by atoms with E-state index in [4.69, 9.17) is 4.98 Å². The highest BCUT2D eigenvalue weighted by atomic mass is 16.2. The number of amides is 1. The van der Waals surface area contributed by atoms with Gasteiger partial charge in [-0.3, -0.25) is 9.48 Å². The van der Waals surface area contributed by atoms with Crippen LogP contribution in [0, 0.1) is 6.92 Å². The summed E-state index contributed by atoms with van der Waals surface area (Å²) in [6, 6.07) is 1.87. The van der Waals surface area contributed by atoms with Gasteiger partial charge in [-0.2, -0.15) is 5.10 Å². The highest BCUT2D eigenvalue weighted by Crippen LogP contribution is 2.44. The molecule has 1 fully saturated rings. The predicted molar refractivity (Wildman–Crippen MR) is 99.4 cm³/mol. The van der Waals surface area contributed by atoms with Gasteiger partial charge in [0.1, 0.15) is 0 Å². The first-order valence-electron chi connectivity index (χ1n) is 9.23. The molecule has 1 amide bonds. The fraction of sp³-hybridized carbons (Fsp3) is 0.579. The van der Waals surface area contributed by atoms with Crippen molar-refractivity contribution in [1.29, 1.82) is 0 Å². The third kappa shape index (κ3) is 2.66. The molecule has 1 unspecified atom stereocenters. The topological polar surface area (TPSA) is 67.2 Å². The number of carbonyl (C=O) groups is 1. The summed E-state index contributed by atoms with van der Waals surface area (Å²) in [6.45, 7) is 3.48. The zero-order valence-electron chi connectivity index (χ0n) is 16.0. The van der Waals surface area contributed by atoms with Gasteiger partial charge in [-0.1, -0.05) is 0 Å². The van der Waals surface area contributed by atoms with Crippen LogP contribution < -0.4 is 4.90 Å².